The Balaban J connectivity index is 0.00000256. The second-order valence-corrected chi connectivity index (χ2v) is 8.25. The van der Waals surface area contributed by atoms with E-state index in [9.17, 15) is 5.26 Å². The SMILES string of the molecule is N#Cc1nc2cccc(NCCCN3CCCC3)c2cc1Nc1cccc(Br)c1.[Sn]. The first-order valence-electron chi connectivity index (χ1n) is 10.1. The van der Waals surface area contributed by atoms with Gasteiger partial charge in [0.05, 0.1) is 11.2 Å². The van der Waals surface area contributed by atoms with Crippen molar-refractivity contribution in [3.8, 4) is 6.07 Å². The summed E-state index contributed by atoms with van der Waals surface area (Å²) in [5.41, 5.74) is 3.89. The third-order valence-electron chi connectivity index (χ3n) is 5.23. The van der Waals surface area contributed by atoms with E-state index in [0.717, 1.165) is 46.3 Å². The van der Waals surface area contributed by atoms with Crippen LogP contribution in [0.3, 0.4) is 0 Å². The van der Waals surface area contributed by atoms with Crippen LogP contribution in [-0.4, -0.2) is 60.0 Å². The predicted molar refractivity (Wildman–Crippen MR) is 128 cm³/mol. The summed E-state index contributed by atoms with van der Waals surface area (Å²) in [6.45, 7) is 4.54. The summed E-state index contributed by atoms with van der Waals surface area (Å²) in [6, 6.07) is 18.1. The number of halogens is 1. The molecule has 2 aromatic carbocycles. The molecule has 0 unspecified atom stereocenters. The van der Waals surface area contributed by atoms with Crippen LogP contribution >= 0.6 is 15.9 Å². The fourth-order valence-electron chi connectivity index (χ4n) is 3.78. The van der Waals surface area contributed by atoms with Gasteiger partial charge in [0, 0.05) is 51.7 Å². The molecule has 3 aromatic rings. The molecule has 1 fully saturated rings. The van der Waals surface area contributed by atoms with Gasteiger partial charge in [-0.15, -0.1) is 0 Å². The molecule has 4 radical (unpaired) electrons. The zero-order valence-electron chi connectivity index (χ0n) is 16.8. The Hall–Kier alpha value is -1.82. The predicted octanol–water partition coefficient (Wildman–Crippen LogP) is 5.13. The fraction of sp³-hybridized carbons (Fsp3) is 0.304. The molecule has 0 bridgehead atoms. The molecule has 1 aliphatic rings. The minimum absolute atomic E-state index is 0. The third-order valence-corrected chi connectivity index (χ3v) is 5.73. The number of fused-ring (bicyclic) bond motifs is 1. The second-order valence-electron chi connectivity index (χ2n) is 7.33. The zero-order chi connectivity index (χ0) is 20.1. The molecule has 1 aliphatic heterocycles. The maximum atomic E-state index is 9.57. The van der Waals surface area contributed by atoms with Gasteiger partial charge in [0.1, 0.15) is 6.07 Å². The van der Waals surface area contributed by atoms with Crippen molar-refractivity contribution in [2.45, 2.75) is 19.3 Å². The van der Waals surface area contributed by atoms with E-state index in [2.05, 4.69) is 48.6 Å². The second kappa shape index (κ2) is 11.0. The Bertz CT molecular complexity index is 1040. The summed E-state index contributed by atoms with van der Waals surface area (Å²) in [4.78, 5) is 7.11. The van der Waals surface area contributed by atoms with E-state index in [1.807, 2.05) is 42.5 Å². The van der Waals surface area contributed by atoms with Crippen molar-refractivity contribution in [2.24, 2.45) is 0 Å². The number of anilines is 3. The molecular weight excluding hydrogens is 545 g/mol. The van der Waals surface area contributed by atoms with Crippen molar-refractivity contribution >= 4 is 67.8 Å². The molecule has 0 spiro atoms. The number of rotatable bonds is 7. The average Bonchev–Trinajstić information content (AvgIpc) is 3.24. The topological polar surface area (TPSA) is 64.0 Å². The summed E-state index contributed by atoms with van der Waals surface area (Å²) < 4.78 is 0.982. The normalized spacial score (nSPS) is 13.6. The van der Waals surface area contributed by atoms with Gasteiger partial charge in [0.25, 0.3) is 0 Å². The van der Waals surface area contributed by atoms with Crippen LogP contribution < -0.4 is 10.6 Å². The van der Waals surface area contributed by atoms with Crippen LogP contribution in [0.5, 0.6) is 0 Å². The van der Waals surface area contributed by atoms with E-state index in [4.69, 9.17) is 0 Å². The molecular formula is C23H24BrN5Sn. The number of nitriles is 1. The number of hydrogen-bond acceptors (Lipinski definition) is 5. The summed E-state index contributed by atoms with van der Waals surface area (Å²) in [6.07, 6.45) is 3.78. The molecule has 0 atom stereocenters. The van der Waals surface area contributed by atoms with Gasteiger partial charge < -0.3 is 15.5 Å². The van der Waals surface area contributed by atoms with Crippen LogP contribution in [0.4, 0.5) is 17.1 Å². The molecule has 2 N–H and O–H groups in total. The first kappa shape index (κ1) is 22.9. The largest absolute Gasteiger partial charge is 0.384 e. The summed E-state index contributed by atoms with van der Waals surface area (Å²) in [7, 11) is 0. The maximum Gasteiger partial charge on any atom is 0.164 e. The molecule has 1 saturated heterocycles. The quantitative estimate of drug-likeness (QED) is 0.306. The maximum absolute atomic E-state index is 9.57. The van der Waals surface area contributed by atoms with Crippen LogP contribution in [0, 0.1) is 11.3 Å². The first-order chi connectivity index (χ1) is 14.2. The van der Waals surface area contributed by atoms with Crippen molar-refractivity contribution in [1.29, 1.82) is 5.26 Å². The van der Waals surface area contributed by atoms with Gasteiger partial charge in [0.15, 0.2) is 5.69 Å². The monoisotopic (exact) mass is 569 g/mol. The van der Waals surface area contributed by atoms with Crippen LogP contribution in [0.1, 0.15) is 25.0 Å². The Morgan fingerprint density at radius 2 is 1.87 bits per heavy atom. The van der Waals surface area contributed by atoms with E-state index < -0.39 is 0 Å². The van der Waals surface area contributed by atoms with Crippen LogP contribution in [-0.2, 0) is 0 Å². The van der Waals surface area contributed by atoms with E-state index in [0.29, 0.717) is 11.4 Å². The van der Waals surface area contributed by atoms with Gasteiger partial charge in [-0.1, -0.05) is 28.1 Å². The van der Waals surface area contributed by atoms with Crippen molar-refractivity contribution in [1.82, 2.24) is 9.88 Å². The summed E-state index contributed by atoms with van der Waals surface area (Å²) in [5.74, 6) is 0. The number of hydrogen-bond donors (Lipinski definition) is 2. The molecule has 152 valence electrons. The van der Waals surface area contributed by atoms with E-state index in [1.54, 1.807) is 0 Å². The van der Waals surface area contributed by atoms with Gasteiger partial charge in [-0.2, -0.15) is 5.26 Å². The van der Waals surface area contributed by atoms with Crippen molar-refractivity contribution < 1.29 is 0 Å². The van der Waals surface area contributed by atoms with Crippen molar-refractivity contribution in [3.05, 3.63) is 58.7 Å². The minimum atomic E-state index is 0. The molecule has 7 heteroatoms. The number of likely N-dealkylation sites (tertiary alicyclic amines) is 1. The minimum Gasteiger partial charge on any atom is -0.384 e. The first-order valence-corrected chi connectivity index (χ1v) is 10.8. The number of nitrogens with zero attached hydrogens (tertiary/aromatic N) is 3. The van der Waals surface area contributed by atoms with Crippen molar-refractivity contribution in [3.63, 3.8) is 0 Å². The number of pyridine rings is 1. The van der Waals surface area contributed by atoms with Crippen LogP contribution in [0.25, 0.3) is 10.9 Å². The van der Waals surface area contributed by atoms with Crippen LogP contribution in [0.15, 0.2) is 53.0 Å². The molecule has 0 amide bonds. The molecule has 5 nitrogen and oxygen atoms in total. The molecule has 2 heterocycles. The smallest absolute Gasteiger partial charge is 0.164 e. The van der Waals surface area contributed by atoms with Gasteiger partial charge in [0.2, 0.25) is 0 Å². The zero-order valence-corrected chi connectivity index (χ0v) is 21.2. The van der Waals surface area contributed by atoms with Crippen molar-refractivity contribution in [2.75, 3.05) is 36.8 Å². The number of nitrogens with one attached hydrogen (secondary N) is 2. The Morgan fingerprint density at radius 1 is 1.07 bits per heavy atom. The number of aromatic nitrogens is 1. The molecule has 4 rings (SSSR count). The Kier molecular flexibility index (Phi) is 8.37. The average molecular weight is 569 g/mol. The molecule has 0 saturated carbocycles. The van der Waals surface area contributed by atoms with E-state index >= 15 is 0 Å². The number of benzene rings is 2. The molecule has 30 heavy (non-hydrogen) atoms. The third kappa shape index (κ3) is 5.65. The Labute approximate surface area is 203 Å². The fourth-order valence-corrected chi connectivity index (χ4v) is 4.18. The van der Waals surface area contributed by atoms with Gasteiger partial charge >= 0.3 is 0 Å². The van der Waals surface area contributed by atoms with Gasteiger partial charge in [-0.25, -0.2) is 4.98 Å². The van der Waals surface area contributed by atoms with Crippen LogP contribution in [0.2, 0.25) is 0 Å². The van der Waals surface area contributed by atoms with E-state index in [-0.39, 0.29) is 23.9 Å². The standard InChI is InChI=1S/C23H24BrN5.Sn/c24-17-6-3-7-18(14-17)27-22-15-19-20(8-4-9-21(19)28-23(22)16-25)26-10-5-13-29-11-1-2-12-29;/h3-4,6-9,14-15,26-27H,1-2,5,10-13H2;. The Morgan fingerprint density at radius 3 is 2.63 bits per heavy atom. The molecule has 1 aromatic heterocycles. The van der Waals surface area contributed by atoms with Gasteiger partial charge in [-0.05, 0) is 75.3 Å². The summed E-state index contributed by atoms with van der Waals surface area (Å²) >= 11 is 3.49. The molecule has 0 aliphatic carbocycles. The summed E-state index contributed by atoms with van der Waals surface area (Å²) in [5, 5.41) is 17.5. The van der Waals surface area contributed by atoms with Gasteiger partial charge in [-0.3, -0.25) is 0 Å². The van der Waals surface area contributed by atoms with E-state index in [1.165, 1.54) is 25.9 Å².